The minimum Gasteiger partial charge on any atom is -0.481 e. The summed E-state index contributed by atoms with van der Waals surface area (Å²) >= 11 is 0. The van der Waals surface area contributed by atoms with Crippen LogP contribution in [0.5, 0.6) is 0 Å². The van der Waals surface area contributed by atoms with Crippen LogP contribution in [-0.4, -0.2) is 25.4 Å². The van der Waals surface area contributed by atoms with Gasteiger partial charge in [0.15, 0.2) is 0 Å². The maximum Gasteiger partial charge on any atom is 0.307 e. The Bertz CT molecular complexity index is 800. The van der Waals surface area contributed by atoms with Crippen LogP contribution in [0.1, 0.15) is 12.0 Å². The smallest absolute Gasteiger partial charge is 0.307 e. The van der Waals surface area contributed by atoms with E-state index >= 15 is 0 Å². The molecule has 4 N–H and O–H groups in total. The number of nitrogens with two attached hydrogens (primary N) is 1. The van der Waals surface area contributed by atoms with Gasteiger partial charge in [0.1, 0.15) is 0 Å². The highest BCUT2D eigenvalue weighted by Gasteiger charge is 2.51. The number of fused-ring (bicyclic) bond motifs is 2. The molecule has 1 aromatic rings. The van der Waals surface area contributed by atoms with Crippen molar-refractivity contribution in [2.75, 3.05) is 0 Å². The second kappa shape index (κ2) is 6.03. The third kappa shape index (κ3) is 3.07. The first-order chi connectivity index (χ1) is 11.3. The summed E-state index contributed by atoms with van der Waals surface area (Å²) < 4.78 is 22.4. The molecule has 0 heterocycles. The fourth-order valence-electron chi connectivity index (χ4n) is 3.62. The van der Waals surface area contributed by atoms with Gasteiger partial charge in [-0.25, -0.2) is 13.6 Å². The molecule has 0 radical (unpaired) electrons. The van der Waals surface area contributed by atoms with Crippen molar-refractivity contribution >= 4 is 21.9 Å². The third-order valence-electron chi connectivity index (χ3n) is 4.77. The minimum absolute atomic E-state index is 0.00163. The molecule has 24 heavy (non-hydrogen) atoms. The van der Waals surface area contributed by atoms with Gasteiger partial charge in [-0.3, -0.25) is 9.59 Å². The number of nitrogens with one attached hydrogen (secondary N) is 1. The molecule has 0 aromatic heterocycles. The molecule has 1 amide bonds. The van der Waals surface area contributed by atoms with Gasteiger partial charge in [-0.2, -0.15) is 0 Å². The number of amides is 1. The van der Waals surface area contributed by atoms with Gasteiger partial charge in [0.25, 0.3) is 0 Å². The highest BCUT2D eigenvalue weighted by Crippen LogP contribution is 2.48. The number of hydrogen-bond acceptors (Lipinski definition) is 4. The van der Waals surface area contributed by atoms with Crippen LogP contribution in [-0.2, 0) is 26.2 Å². The van der Waals surface area contributed by atoms with Crippen LogP contribution in [0.3, 0.4) is 0 Å². The van der Waals surface area contributed by atoms with Crippen molar-refractivity contribution in [2.45, 2.75) is 17.9 Å². The van der Waals surface area contributed by atoms with Crippen LogP contribution in [0.4, 0.5) is 0 Å². The first-order valence-corrected chi connectivity index (χ1v) is 9.12. The lowest BCUT2D eigenvalue weighted by atomic mass is 9.82. The molecule has 2 bridgehead atoms. The summed E-state index contributed by atoms with van der Waals surface area (Å²) in [6, 6.07) is 5.87. The molecule has 4 atom stereocenters. The molecular formula is C16H18N2O5S. The monoisotopic (exact) mass is 350 g/mol. The van der Waals surface area contributed by atoms with E-state index in [0.29, 0.717) is 12.0 Å². The Kier molecular flexibility index (Phi) is 4.18. The zero-order valence-corrected chi connectivity index (χ0v) is 13.6. The topological polar surface area (TPSA) is 127 Å². The number of allylic oxidation sites excluding steroid dienone is 2. The predicted molar refractivity (Wildman–Crippen MR) is 85.0 cm³/mol. The van der Waals surface area contributed by atoms with E-state index in [1.807, 2.05) is 12.2 Å². The van der Waals surface area contributed by atoms with Gasteiger partial charge in [-0.05, 0) is 36.0 Å². The summed E-state index contributed by atoms with van der Waals surface area (Å²) in [6.45, 7) is 0.202. The number of benzene rings is 1. The number of carboxylic acids is 1. The predicted octanol–water partition coefficient (Wildman–Crippen LogP) is 0.473. The van der Waals surface area contributed by atoms with Crippen LogP contribution in [0, 0.1) is 23.7 Å². The summed E-state index contributed by atoms with van der Waals surface area (Å²) in [4.78, 5) is 23.9. The molecule has 0 spiro atoms. The largest absolute Gasteiger partial charge is 0.481 e. The third-order valence-corrected chi connectivity index (χ3v) is 5.70. The lowest BCUT2D eigenvalue weighted by molar-refractivity contribution is -0.147. The van der Waals surface area contributed by atoms with Gasteiger partial charge in [-0.1, -0.05) is 24.3 Å². The number of primary sulfonamides is 1. The second-order valence-corrected chi connectivity index (χ2v) is 7.81. The fourth-order valence-corrected chi connectivity index (χ4v) is 4.14. The summed E-state index contributed by atoms with van der Waals surface area (Å²) in [5.41, 5.74) is 0.710. The molecule has 8 heteroatoms. The van der Waals surface area contributed by atoms with E-state index in [1.165, 1.54) is 12.1 Å². The van der Waals surface area contributed by atoms with E-state index in [9.17, 15) is 23.1 Å². The lowest BCUT2D eigenvalue weighted by Crippen LogP contribution is -2.39. The van der Waals surface area contributed by atoms with Gasteiger partial charge in [0.2, 0.25) is 15.9 Å². The quantitative estimate of drug-likeness (QED) is 0.666. The maximum atomic E-state index is 12.4. The number of sulfonamides is 1. The van der Waals surface area contributed by atoms with Crippen molar-refractivity contribution < 1.29 is 23.1 Å². The molecule has 3 rings (SSSR count). The molecule has 0 saturated heterocycles. The number of hydrogen-bond donors (Lipinski definition) is 3. The van der Waals surface area contributed by atoms with Gasteiger partial charge >= 0.3 is 5.97 Å². The van der Waals surface area contributed by atoms with Crippen LogP contribution < -0.4 is 10.5 Å². The Hall–Kier alpha value is -2.19. The van der Waals surface area contributed by atoms with Gasteiger partial charge < -0.3 is 10.4 Å². The van der Waals surface area contributed by atoms with Crippen LogP contribution in [0.15, 0.2) is 41.3 Å². The van der Waals surface area contributed by atoms with E-state index in [-0.39, 0.29) is 29.2 Å². The first kappa shape index (κ1) is 16.7. The average molecular weight is 350 g/mol. The van der Waals surface area contributed by atoms with Crippen molar-refractivity contribution in [1.82, 2.24) is 5.32 Å². The van der Waals surface area contributed by atoms with Crippen LogP contribution >= 0.6 is 0 Å². The highest BCUT2D eigenvalue weighted by molar-refractivity contribution is 7.89. The first-order valence-electron chi connectivity index (χ1n) is 7.58. The van der Waals surface area contributed by atoms with Gasteiger partial charge in [0.05, 0.1) is 16.7 Å². The van der Waals surface area contributed by atoms with Crippen LogP contribution in [0.25, 0.3) is 0 Å². The normalized spacial score (nSPS) is 28.0. The zero-order chi connectivity index (χ0) is 17.5. The SMILES string of the molecule is NS(=O)(=O)c1ccc(CNC(=O)[C@@H]2C3C=CC(C3)[C@@H]2C(=O)O)cc1. The maximum absolute atomic E-state index is 12.4. The highest BCUT2D eigenvalue weighted by atomic mass is 32.2. The summed E-state index contributed by atoms with van der Waals surface area (Å²) in [5, 5.41) is 17.1. The van der Waals surface area contributed by atoms with E-state index in [0.717, 1.165) is 0 Å². The van der Waals surface area contributed by atoms with E-state index in [2.05, 4.69) is 5.32 Å². The molecule has 128 valence electrons. The van der Waals surface area contributed by atoms with E-state index in [1.54, 1.807) is 12.1 Å². The van der Waals surface area contributed by atoms with Crippen molar-refractivity contribution in [3.63, 3.8) is 0 Å². The second-order valence-electron chi connectivity index (χ2n) is 6.24. The number of rotatable bonds is 5. The van der Waals surface area contributed by atoms with Gasteiger partial charge in [-0.15, -0.1) is 0 Å². The zero-order valence-electron chi connectivity index (χ0n) is 12.8. The molecular weight excluding hydrogens is 332 g/mol. The fraction of sp³-hybridized carbons (Fsp3) is 0.375. The molecule has 1 saturated carbocycles. The molecule has 1 fully saturated rings. The molecule has 2 aliphatic carbocycles. The average Bonchev–Trinajstić information content (AvgIpc) is 3.13. The summed E-state index contributed by atoms with van der Waals surface area (Å²) in [7, 11) is -3.75. The summed E-state index contributed by atoms with van der Waals surface area (Å²) in [5.74, 6) is -2.55. The van der Waals surface area contributed by atoms with E-state index in [4.69, 9.17) is 5.14 Å². The number of aliphatic carboxylic acids is 1. The Balaban J connectivity index is 1.65. The minimum atomic E-state index is -3.75. The lowest BCUT2D eigenvalue weighted by Gasteiger charge is -2.23. The Morgan fingerprint density at radius 1 is 1.12 bits per heavy atom. The van der Waals surface area contributed by atoms with Crippen LogP contribution in [0.2, 0.25) is 0 Å². The Morgan fingerprint density at radius 3 is 2.25 bits per heavy atom. The standard InChI is InChI=1S/C16H18N2O5S/c17-24(22,23)12-5-1-9(2-6-12)8-18-15(19)13-10-3-4-11(7-10)14(13)16(20)21/h1-6,10-11,13-14H,7-8H2,(H,18,19)(H,20,21)(H2,17,22,23)/t10?,11?,13-,14+/m1/s1. The van der Waals surface area contributed by atoms with Crippen molar-refractivity contribution in [3.8, 4) is 0 Å². The molecule has 1 aromatic carbocycles. The van der Waals surface area contributed by atoms with E-state index < -0.39 is 27.8 Å². The number of carboxylic acid groups (broad SMARTS) is 1. The van der Waals surface area contributed by atoms with Crippen molar-refractivity contribution in [3.05, 3.63) is 42.0 Å². The van der Waals surface area contributed by atoms with Crippen molar-refractivity contribution in [2.24, 2.45) is 28.8 Å². The van der Waals surface area contributed by atoms with Crippen molar-refractivity contribution in [1.29, 1.82) is 0 Å². The van der Waals surface area contributed by atoms with Gasteiger partial charge in [0, 0.05) is 6.54 Å². The number of carbonyl (C=O) groups is 2. The Labute approximate surface area is 139 Å². The molecule has 0 aliphatic heterocycles. The molecule has 2 aliphatic rings. The Morgan fingerprint density at radius 2 is 1.71 bits per heavy atom. The molecule has 2 unspecified atom stereocenters. The number of carbonyl (C=O) groups excluding carboxylic acids is 1. The summed E-state index contributed by atoms with van der Waals surface area (Å²) in [6.07, 6.45) is 4.52. The molecule has 7 nitrogen and oxygen atoms in total.